The van der Waals surface area contributed by atoms with Crippen LogP contribution in [0.1, 0.15) is 43.4 Å². The first kappa shape index (κ1) is 19.9. The third kappa shape index (κ3) is 3.30. The van der Waals surface area contributed by atoms with Gasteiger partial charge < -0.3 is 9.67 Å². The van der Waals surface area contributed by atoms with Gasteiger partial charge in [0.05, 0.1) is 24.5 Å². The van der Waals surface area contributed by atoms with Crippen LogP contribution in [0.15, 0.2) is 47.5 Å². The number of benzene rings is 1. The van der Waals surface area contributed by atoms with Gasteiger partial charge in [-0.3, -0.25) is 13.9 Å². The van der Waals surface area contributed by atoms with Crippen molar-refractivity contribution in [3.8, 4) is 0 Å². The molecule has 3 aromatic heterocycles. The zero-order chi connectivity index (χ0) is 21.4. The number of carbonyl (C=O) groups is 1. The van der Waals surface area contributed by atoms with Crippen molar-refractivity contribution in [3.05, 3.63) is 64.3 Å². The minimum atomic E-state index is -0.915. The summed E-state index contributed by atoms with van der Waals surface area (Å²) in [5, 5.41) is 10.5. The summed E-state index contributed by atoms with van der Waals surface area (Å²) >= 11 is 0. The van der Waals surface area contributed by atoms with Crippen LogP contribution in [0.4, 0.5) is 0 Å². The van der Waals surface area contributed by atoms with E-state index in [0.717, 1.165) is 34.0 Å². The first-order valence-electron chi connectivity index (χ1n) is 10.2. The minimum absolute atomic E-state index is 0.100. The monoisotopic (exact) mass is 406 g/mol. The predicted molar refractivity (Wildman–Crippen MR) is 117 cm³/mol. The first-order valence-corrected chi connectivity index (χ1v) is 10.2. The number of fused-ring (bicyclic) bond motifs is 2. The fraction of sp³-hybridized carbons (Fsp3) is 0.348. The van der Waals surface area contributed by atoms with E-state index in [1.807, 2.05) is 32.2 Å². The average molecular weight is 406 g/mol. The van der Waals surface area contributed by atoms with Gasteiger partial charge in [0.15, 0.2) is 5.65 Å². The standard InChI is InChI=1S/C23H26N4O3/c1-4-7-17(12-20(28)29)27-22-19(10-6-11-24-22)26(23(27)30)14-16-13-25(3)18-9-5-8-15(2)21(16)18/h5-6,8-11,13,17H,4,7,12,14H2,1-3H3,(H,28,29)/t17-/m0/s1. The fourth-order valence-electron chi connectivity index (χ4n) is 4.47. The molecule has 4 rings (SSSR count). The van der Waals surface area contributed by atoms with E-state index in [9.17, 15) is 14.7 Å². The van der Waals surface area contributed by atoms with E-state index >= 15 is 0 Å². The fourth-order valence-corrected chi connectivity index (χ4v) is 4.47. The maximum Gasteiger partial charge on any atom is 0.330 e. The molecule has 0 amide bonds. The molecule has 0 saturated heterocycles. The number of carboxylic acids is 1. The van der Waals surface area contributed by atoms with Crippen LogP contribution >= 0.6 is 0 Å². The van der Waals surface area contributed by atoms with Gasteiger partial charge in [0.2, 0.25) is 0 Å². The van der Waals surface area contributed by atoms with Gasteiger partial charge in [-0.2, -0.15) is 0 Å². The van der Waals surface area contributed by atoms with Crippen LogP contribution in [0.5, 0.6) is 0 Å². The summed E-state index contributed by atoms with van der Waals surface area (Å²) in [5.74, 6) is -0.915. The summed E-state index contributed by atoms with van der Waals surface area (Å²) in [6, 6.07) is 9.44. The van der Waals surface area contributed by atoms with Gasteiger partial charge in [-0.15, -0.1) is 0 Å². The minimum Gasteiger partial charge on any atom is -0.481 e. The molecule has 0 aliphatic rings. The van der Waals surface area contributed by atoms with E-state index in [-0.39, 0.29) is 12.1 Å². The number of rotatable bonds is 7. The Morgan fingerprint density at radius 2 is 1.97 bits per heavy atom. The lowest BCUT2D eigenvalue weighted by Crippen LogP contribution is -2.29. The van der Waals surface area contributed by atoms with E-state index in [4.69, 9.17) is 0 Å². The summed E-state index contributed by atoms with van der Waals surface area (Å²) in [4.78, 5) is 29.4. The first-order chi connectivity index (χ1) is 14.4. The Morgan fingerprint density at radius 1 is 1.20 bits per heavy atom. The highest BCUT2D eigenvalue weighted by molar-refractivity contribution is 5.87. The number of pyridine rings is 1. The Kier molecular flexibility index (Phi) is 5.20. The number of aryl methyl sites for hydroxylation is 2. The van der Waals surface area contributed by atoms with Crippen LogP contribution in [0, 0.1) is 6.92 Å². The van der Waals surface area contributed by atoms with Crippen molar-refractivity contribution in [2.45, 2.75) is 45.7 Å². The topological polar surface area (TPSA) is 82.0 Å². The zero-order valence-corrected chi connectivity index (χ0v) is 17.5. The van der Waals surface area contributed by atoms with E-state index < -0.39 is 12.0 Å². The quantitative estimate of drug-likeness (QED) is 0.505. The van der Waals surface area contributed by atoms with Crippen LogP contribution in [-0.2, 0) is 18.4 Å². The van der Waals surface area contributed by atoms with Gasteiger partial charge in [-0.05, 0) is 42.7 Å². The van der Waals surface area contributed by atoms with Crippen LogP contribution < -0.4 is 5.69 Å². The van der Waals surface area contributed by atoms with Crippen molar-refractivity contribution in [3.63, 3.8) is 0 Å². The SMILES string of the molecule is CCC[C@@H](CC(=O)O)n1c(=O)n(Cc2cn(C)c3cccc(C)c23)c2cccnc21. The van der Waals surface area contributed by atoms with Gasteiger partial charge in [0.25, 0.3) is 0 Å². The molecule has 7 heteroatoms. The molecule has 1 N–H and O–H groups in total. The molecule has 0 bridgehead atoms. The molecule has 0 spiro atoms. The Hall–Kier alpha value is -3.35. The molecule has 7 nitrogen and oxygen atoms in total. The van der Waals surface area contributed by atoms with E-state index in [1.165, 1.54) is 0 Å². The van der Waals surface area contributed by atoms with E-state index in [0.29, 0.717) is 18.6 Å². The maximum absolute atomic E-state index is 13.5. The number of aromatic nitrogens is 4. The summed E-state index contributed by atoms with van der Waals surface area (Å²) in [6.45, 7) is 4.47. The summed E-state index contributed by atoms with van der Waals surface area (Å²) in [7, 11) is 2.00. The van der Waals surface area contributed by atoms with Crippen LogP contribution in [0.2, 0.25) is 0 Å². The van der Waals surface area contributed by atoms with Crippen molar-refractivity contribution >= 4 is 28.0 Å². The molecule has 30 heavy (non-hydrogen) atoms. The normalized spacial score (nSPS) is 12.6. The van der Waals surface area contributed by atoms with Crippen molar-refractivity contribution in [2.75, 3.05) is 0 Å². The lowest BCUT2D eigenvalue weighted by atomic mass is 10.1. The zero-order valence-electron chi connectivity index (χ0n) is 17.5. The number of aliphatic carboxylic acids is 1. The molecular weight excluding hydrogens is 380 g/mol. The van der Waals surface area contributed by atoms with Crippen molar-refractivity contribution in [1.82, 2.24) is 18.7 Å². The predicted octanol–water partition coefficient (Wildman–Crippen LogP) is 3.86. The van der Waals surface area contributed by atoms with Crippen molar-refractivity contribution in [1.29, 1.82) is 0 Å². The van der Waals surface area contributed by atoms with Crippen LogP contribution in [-0.4, -0.2) is 29.8 Å². The highest BCUT2D eigenvalue weighted by Crippen LogP contribution is 2.27. The Morgan fingerprint density at radius 3 is 2.70 bits per heavy atom. The molecule has 1 atom stereocenters. The van der Waals surface area contributed by atoms with Gasteiger partial charge in [-0.25, -0.2) is 9.78 Å². The summed E-state index contributed by atoms with van der Waals surface area (Å²) in [5.41, 5.74) is 4.39. The lowest BCUT2D eigenvalue weighted by molar-refractivity contribution is -0.137. The molecule has 0 radical (unpaired) electrons. The Labute approximate surface area is 174 Å². The van der Waals surface area contributed by atoms with Gasteiger partial charge >= 0.3 is 11.7 Å². The molecule has 4 aromatic rings. The third-order valence-electron chi connectivity index (χ3n) is 5.75. The molecule has 0 unspecified atom stereocenters. The number of hydrogen-bond donors (Lipinski definition) is 1. The number of imidazole rings is 1. The molecule has 1 aromatic carbocycles. The molecule has 3 heterocycles. The van der Waals surface area contributed by atoms with Gasteiger partial charge in [-0.1, -0.05) is 25.5 Å². The summed E-state index contributed by atoms with van der Waals surface area (Å²) in [6.07, 6.45) is 5.00. The average Bonchev–Trinajstić information content (AvgIpc) is 3.17. The van der Waals surface area contributed by atoms with Crippen LogP contribution in [0.3, 0.4) is 0 Å². The largest absolute Gasteiger partial charge is 0.481 e. The van der Waals surface area contributed by atoms with E-state index in [2.05, 4.69) is 34.8 Å². The highest BCUT2D eigenvalue weighted by atomic mass is 16.4. The van der Waals surface area contributed by atoms with Crippen LogP contribution in [0.25, 0.3) is 22.1 Å². The van der Waals surface area contributed by atoms with Gasteiger partial charge in [0.1, 0.15) is 0 Å². The van der Waals surface area contributed by atoms with Crippen molar-refractivity contribution in [2.24, 2.45) is 7.05 Å². The molecule has 156 valence electrons. The molecule has 0 fully saturated rings. The van der Waals surface area contributed by atoms with Crippen molar-refractivity contribution < 1.29 is 9.90 Å². The summed E-state index contributed by atoms with van der Waals surface area (Å²) < 4.78 is 5.36. The second kappa shape index (κ2) is 7.82. The van der Waals surface area contributed by atoms with E-state index in [1.54, 1.807) is 15.3 Å². The molecule has 0 aliphatic heterocycles. The maximum atomic E-state index is 13.5. The second-order valence-electron chi connectivity index (χ2n) is 7.86. The Balaban J connectivity index is 1.90. The third-order valence-corrected chi connectivity index (χ3v) is 5.75. The number of nitrogens with zero attached hydrogens (tertiary/aromatic N) is 4. The Bertz CT molecular complexity index is 1300. The molecule has 0 aliphatic carbocycles. The number of carboxylic acid groups (broad SMARTS) is 1. The smallest absolute Gasteiger partial charge is 0.330 e. The number of hydrogen-bond acceptors (Lipinski definition) is 3. The molecule has 0 saturated carbocycles. The van der Waals surface area contributed by atoms with Gasteiger partial charge in [0, 0.05) is 30.3 Å². The lowest BCUT2D eigenvalue weighted by Gasteiger charge is -2.15. The highest BCUT2D eigenvalue weighted by Gasteiger charge is 2.23. The molecular formula is C23H26N4O3. The second-order valence-corrected chi connectivity index (χ2v) is 7.86.